The predicted octanol–water partition coefficient (Wildman–Crippen LogP) is 3.67. The van der Waals surface area contributed by atoms with Crippen LogP contribution in [0.3, 0.4) is 0 Å². The lowest BCUT2D eigenvalue weighted by molar-refractivity contribution is 0.411. The van der Waals surface area contributed by atoms with Gasteiger partial charge in [0.25, 0.3) is 5.19 Å². The zero-order chi connectivity index (χ0) is 16.2. The third kappa shape index (κ3) is 3.40. The molecule has 2 heterocycles. The van der Waals surface area contributed by atoms with Crippen molar-refractivity contribution < 1.29 is 9.47 Å². The Balaban J connectivity index is 1.85. The van der Waals surface area contributed by atoms with Gasteiger partial charge in [-0.1, -0.05) is 11.3 Å². The van der Waals surface area contributed by atoms with Crippen molar-refractivity contribution >= 4 is 23.0 Å². The normalized spacial score (nSPS) is 10.4. The molecule has 1 N–H and O–H groups in total. The molecule has 0 aliphatic heterocycles. The van der Waals surface area contributed by atoms with Gasteiger partial charge in [0.1, 0.15) is 5.75 Å². The number of methoxy groups -OCH3 is 2. The molecule has 118 valence electrons. The Kier molecular flexibility index (Phi) is 4.38. The molecule has 0 unspecified atom stereocenters. The van der Waals surface area contributed by atoms with Gasteiger partial charge in [0.05, 0.1) is 30.5 Å². The van der Waals surface area contributed by atoms with Gasteiger partial charge in [0.2, 0.25) is 5.95 Å². The minimum absolute atomic E-state index is 0.527. The molecule has 0 radical (unpaired) electrons. The first-order chi connectivity index (χ1) is 11.2. The molecule has 0 spiro atoms. The highest BCUT2D eigenvalue weighted by atomic mass is 32.1. The molecule has 0 aliphatic rings. The summed E-state index contributed by atoms with van der Waals surface area (Å²) >= 11 is 1.46. The summed E-state index contributed by atoms with van der Waals surface area (Å²) in [6.07, 6.45) is 1.72. The standard InChI is InChI=1S/C16H16N4O2S/c1-10-14(23-16(18-10)22-3)13-8-9-17-15(20-13)19-11-4-6-12(21-2)7-5-11/h4-9H,1-3H3,(H,17,19,20). The lowest BCUT2D eigenvalue weighted by Gasteiger charge is -2.07. The van der Waals surface area contributed by atoms with E-state index in [1.165, 1.54) is 11.3 Å². The van der Waals surface area contributed by atoms with Crippen molar-refractivity contribution in [3.05, 3.63) is 42.2 Å². The Morgan fingerprint density at radius 1 is 1.00 bits per heavy atom. The molecule has 0 amide bonds. The van der Waals surface area contributed by atoms with Gasteiger partial charge in [-0.15, -0.1) is 0 Å². The van der Waals surface area contributed by atoms with Crippen LogP contribution in [0.1, 0.15) is 5.69 Å². The van der Waals surface area contributed by atoms with Gasteiger partial charge >= 0.3 is 0 Å². The van der Waals surface area contributed by atoms with Crippen molar-refractivity contribution in [2.45, 2.75) is 6.92 Å². The quantitative estimate of drug-likeness (QED) is 0.770. The SMILES string of the molecule is COc1ccc(Nc2nccc(-c3sc(OC)nc3C)n2)cc1. The summed E-state index contributed by atoms with van der Waals surface area (Å²) in [5.74, 6) is 1.33. The molecule has 2 aromatic heterocycles. The van der Waals surface area contributed by atoms with E-state index >= 15 is 0 Å². The zero-order valence-electron chi connectivity index (χ0n) is 13.0. The molecule has 7 heteroatoms. The summed E-state index contributed by atoms with van der Waals surface area (Å²) < 4.78 is 10.3. The van der Waals surface area contributed by atoms with E-state index in [1.54, 1.807) is 20.4 Å². The Hall–Kier alpha value is -2.67. The first-order valence-electron chi connectivity index (χ1n) is 6.95. The second-order valence-electron chi connectivity index (χ2n) is 4.72. The molecule has 6 nitrogen and oxygen atoms in total. The van der Waals surface area contributed by atoms with Crippen molar-refractivity contribution in [3.63, 3.8) is 0 Å². The molecular formula is C16H16N4O2S. The Bertz CT molecular complexity index is 802. The zero-order valence-corrected chi connectivity index (χ0v) is 13.8. The van der Waals surface area contributed by atoms with Crippen molar-refractivity contribution in [2.24, 2.45) is 0 Å². The summed E-state index contributed by atoms with van der Waals surface area (Å²) in [6, 6.07) is 9.44. The van der Waals surface area contributed by atoms with Crippen LogP contribution in [0.2, 0.25) is 0 Å². The number of hydrogen-bond acceptors (Lipinski definition) is 7. The molecular weight excluding hydrogens is 312 g/mol. The number of ether oxygens (including phenoxy) is 2. The fourth-order valence-electron chi connectivity index (χ4n) is 2.05. The van der Waals surface area contributed by atoms with Crippen LogP contribution in [0.5, 0.6) is 10.9 Å². The van der Waals surface area contributed by atoms with Crippen LogP contribution in [-0.4, -0.2) is 29.2 Å². The average molecular weight is 328 g/mol. The van der Waals surface area contributed by atoms with Crippen molar-refractivity contribution in [2.75, 3.05) is 19.5 Å². The summed E-state index contributed by atoms with van der Waals surface area (Å²) in [6.45, 7) is 1.94. The van der Waals surface area contributed by atoms with Gasteiger partial charge in [0.15, 0.2) is 0 Å². The van der Waals surface area contributed by atoms with Crippen LogP contribution in [0, 0.1) is 6.92 Å². The number of rotatable bonds is 5. The molecule has 0 bridgehead atoms. The molecule has 23 heavy (non-hydrogen) atoms. The molecule has 0 atom stereocenters. The van der Waals surface area contributed by atoms with Crippen molar-refractivity contribution in [3.8, 4) is 21.5 Å². The maximum Gasteiger partial charge on any atom is 0.273 e. The van der Waals surface area contributed by atoms with Gasteiger partial charge in [-0.05, 0) is 37.3 Å². The second kappa shape index (κ2) is 6.62. The fourth-order valence-corrected chi connectivity index (χ4v) is 2.90. The second-order valence-corrected chi connectivity index (χ2v) is 5.68. The van der Waals surface area contributed by atoms with Crippen LogP contribution >= 0.6 is 11.3 Å². The molecule has 0 saturated carbocycles. The largest absolute Gasteiger partial charge is 0.497 e. The fraction of sp³-hybridized carbons (Fsp3) is 0.188. The number of aryl methyl sites for hydroxylation is 1. The minimum atomic E-state index is 0.527. The average Bonchev–Trinajstić information content (AvgIpc) is 2.97. The Morgan fingerprint density at radius 2 is 1.78 bits per heavy atom. The smallest absolute Gasteiger partial charge is 0.273 e. The van der Waals surface area contributed by atoms with Crippen LogP contribution in [0.25, 0.3) is 10.6 Å². The van der Waals surface area contributed by atoms with Gasteiger partial charge in [-0.3, -0.25) is 0 Å². The first kappa shape index (κ1) is 15.2. The summed E-state index contributed by atoms with van der Waals surface area (Å²) in [5, 5.41) is 3.81. The van der Waals surface area contributed by atoms with Crippen LogP contribution < -0.4 is 14.8 Å². The predicted molar refractivity (Wildman–Crippen MR) is 90.7 cm³/mol. The maximum absolute atomic E-state index is 5.18. The van der Waals surface area contributed by atoms with Gasteiger partial charge in [0, 0.05) is 11.9 Å². The Morgan fingerprint density at radius 3 is 2.43 bits per heavy atom. The topological polar surface area (TPSA) is 69.2 Å². The highest BCUT2D eigenvalue weighted by Gasteiger charge is 2.12. The molecule has 1 aromatic carbocycles. The Labute approximate surface area is 138 Å². The number of anilines is 2. The number of thiazole rings is 1. The van der Waals surface area contributed by atoms with Gasteiger partial charge in [-0.25, -0.2) is 15.0 Å². The number of nitrogens with zero attached hydrogens (tertiary/aromatic N) is 3. The van der Waals surface area contributed by atoms with Crippen LogP contribution in [0.15, 0.2) is 36.5 Å². The summed E-state index contributed by atoms with van der Waals surface area (Å²) in [4.78, 5) is 14.1. The van der Waals surface area contributed by atoms with Gasteiger partial charge in [-0.2, -0.15) is 0 Å². The van der Waals surface area contributed by atoms with Crippen LogP contribution in [0.4, 0.5) is 11.6 Å². The van der Waals surface area contributed by atoms with Crippen molar-refractivity contribution in [1.29, 1.82) is 0 Å². The van der Waals surface area contributed by atoms with Gasteiger partial charge < -0.3 is 14.8 Å². The summed E-state index contributed by atoms with van der Waals surface area (Å²) in [5.41, 5.74) is 2.59. The third-order valence-electron chi connectivity index (χ3n) is 3.19. The van der Waals surface area contributed by atoms with Crippen molar-refractivity contribution in [1.82, 2.24) is 15.0 Å². The first-order valence-corrected chi connectivity index (χ1v) is 7.77. The molecule has 3 aromatic rings. The maximum atomic E-state index is 5.18. The van der Waals surface area contributed by atoms with E-state index in [4.69, 9.17) is 9.47 Å². The lowest BCUT2D eigenvalue weighted by atomic mass is 10.3. The van der Waals surface area contributed by atoms with E-state index in [1.807, 2.05) is 37.3 Å². The highest BCUT2D eigenvalue weighted by Crippen LogP contribution is 2.33. The number of nitrogens with one attached hydrogen (secondary N) is 1. The minimum Gasteiger partial charge on any atom is -0.497 e. The van der Waals surface area contributed by atoms with E-state index in [2.05, 4.69) is 20.3 Å². The molecule has 0 fully saturated rings. The summed E-state index contributed by atoms with van der Waals surface area (Å²) in [7, 11) is 3.25. The molecule has 0 aliphatic carbocycles. The number of hydrogen-bond donors (Lipinski definition) is 1. The highest BCUT2D eigenvalue weighted by molar-refractivity contribution is 7.17. The lowest BCUT2D eigenvalue weighted by Crippen LogP contribution is -1.97. The van der Waals surface area contributed by atoms with E-state index in [9.17, 15) is 0 Å². The molecule has 0 saturated heterocycles. The number of aromatic nitrogens is 3. The number of benzene rings is 1. The van der Waals surface area contributed by atoms with E-state index in [-0.39, 0.29) is 0 Å². The van der Waals surface area contributed by atoms with E-state index < -0.39 is 0 Å². The van der Waals surface area contributed by atoms with E-state index in [0.717, 1.165) is 27.7 Å². The van der Waals surface area contributed by atoms with E-state index in [0.29, 0.717) is 11.1 Å². The third-order valence-corrected chi connectivity index (χ3v) is 4.33. The van der Waals surface area contributed by atoms with Crippen LogP contribution in [-0.2, 0) is 0 Å². The molecule has 3 rings (SSSR count). The monoisotopic (exact) mass is 328 g/mol.